The van der Waals surface area contributed by atoms with Crippen molar-refractivity contribution in [3.63, 3.8) is 0 Å². The summed E-state index contributed by atoms with van der Waals surface area (Å²) in [7, 11) is 0. The molecule has 0 fully saturated rings. The van der Waals surface area contributed by atoms with Crippen LogP contribution in [0.4, 0.5) is 14.5 Å². The molecule has 5 heteroatoms. The summed E-state index contributed by atoms with van der Waals surface area (Å²) >= 11 is 0. The van der Waals surface area contributed by atoms with Crippen LogP contribution in [0.1, 0.15) is 23.6 Å². The summed E-state index contributed by atoms with van der Waals surface area (Å²) in [5.74, 6) is -2.87. The number of rotatable bonds is 4. The molecule has 0 amide bonds. The van der Waals surface area contributed by atoms with Crippen LogP contribution in [0.3, 0.4) is 0 Å². The average Bonchev–Trinajstić information content (AvgIpc) is 2.45. The Hall–Kier alpha value is -2.56. The topological polar surface area (TPSA) is 43.1 Å². The van der Waals surface area contributed by atoms with Gasteiger partial charge in [0.15, 0.2) is 0 Å². The van der Waals surface area contributed by atoms with Crippen molar-refractivity contribution in [3.8, 4) is 0 Å². The summed E-state index contributed by atoms with van der Waals surface area (Å²) < 4.78 is 26.2. The van der Waals surface area contributed by atoms with Crippen LogP contribution in [0.5, 0.6) is 0 Å². The molecule has 0 radical (unpaired) electrons. The fourth-order valence-corrected chi connectivity index (χ4v) is 1.87. The van der Waals surface area contributed by atoms with E-state index in [2.05, 4.69) is 0 Å². The van der Waals surface area contributed by atoms with Crippen LogP contribution in [-0.2, 0) is 5.92 Å². The van der Waals surface area contributed by atoms with Gasteiger partial charge in [-0.25, -0.2) is 8.78 Å². The lowest BCUT2D eigenvalue weighted by molar-refractivity contribution is -0.385. The third kappa shape index (κ3) is 3.72. The maximum Gasteiger partial charge on any atom is 0.276 e. The van der Waals surface area contributed by atoms with E-state index in [0.29, 0.717) is 11.1 Å². The van der Waals surface area contributed by atoms with Crippen LogP contribution < -0.4 is 0 Å². The number of para-hydroxylation sites is 1. The molecule has 0 atom stereocenters. The SMILES string of the molecule is CC(F)(F)c1ccc(C=Cc2ccccc2[N+](=O)[O-])cc1. The molecule has 0 heterocycles. The van der Waals surface area contributed by atoms with E-state index in [1.54, 1.807) is 42.5 Å². The summed E-state index contributed by atoms with van der Waals surface area (Å²) in [5.41, 5.74) is 1.10. The first-order valence-corrected chi connectivity index (χ1v) is 6.28. The van der Waals surface area contributed by atoms with Crippen molar-refractivity contribution in [2.24, 2.45) is 0 Å². The number of benzene rings is 2. The van der Waals surface area contributed by atoms with Gasteiger partial charge in [-0.3, -0.25) is 10.1 Å². The molecule has 108 valence electrons. The lowest BCUT2D eigenvalue weighted by Crippen LogP contribution is -2.06. The van der Waals surface area contributed by atoms with Gasteiger partial charge in [-0.05, 0) is 17.7 Å². The fraction of sp³-hybridized carbons (Fsp3) is 0.125. The van der Waals surface area contributed by atoms with Crippen LogP contribution in [0.25, 0.3) is 12.2 Å². The molecule has 2 aromatic carbocycles. The number of hydrogen-bond donors (Lipinski definition) is 0. The number of alkyl halides is 2. The number of hydrogen-bond acceptors (Lipinski definition) is 2. The number of nitrogens with zero attached hydrogens (tertiary/aromatic N) is 1. The second kappa shape index (κ2) is 5.83. The molecule has 0 N–H and O–H groups in total. The minimum absolute atomic E-state index is 0.00506. The molecule has 3 nitrogen and oxygen atoms in total. The highest BCUT2D eigenvalue weighted by molar-refractivity contribution is 5.74. The van der Waals surface area contributed by atoms with E-state index in [4.69, 9.17) is 0 Å². The third-order valence-corrected chi connectivity index (χ3v) is 3.01. The largest absolute Gasteiger partial charge is 0.276 e. The molecule has 0 aliphatic heterocycles. The maximum atomic E-state index is 13.1. The molecule has 0 aromatic heterocycles. The highest BCUT2D eigenvalue weighted by Gasteiger charge is 2.23. The van der Waals surface area contributed by atoms with Gasteiger partial charge in [0, 0.05) is 18.6 Å². The molecule has 0 unspecified atom stereocenters. The van der Waals surface area contributed by atoms with Gasteiger partial charge in [-0.15, -0.1) is 0 Å². The van der Waals surface area contributed by atoms with Crippen molar-refractivity contribution in [3.05, 3.63) is 75.3 Å². The molecule has 0 aliphatic carbocycles. The van der Waals surface area contributed by atoms with Crippen molar-refractivity contribution >= 4 is 17.8 Å². The van der Waals surface area contributed by atoms with Crippen molar-refractivity contribution in [2.45, 2.75) is 12.8 Å². The first-order chi connectivity index (χ1) is 9.88. The van der Waals surface area contributed by atoms with Gasteiger partial charge in [-0.1, -0.05) is 42.5 Å². The van der Waals surface area contributed by atoms with Crippen LogP contribution in [0.2, 0.25) is 0 Å². The lowest BCUT2D eigenvalue weighted by Gasteiger charge is -2.09. The van der Waals surface area contributed by atoms with Gasteiger partial charge < -0.3 is 0 Å². The Morgan fingerprint density at radius 2 is 1.67 bits per heavy atom. The normalized spacial score (nSPS) is 11.8. The van der Waals surface area contributed by atoms with Gasteiger partial charge in [0.2, 0.25) is 0 Å². The standard InChI is InChI=1S/C16H13F2NO2/c1-16(17,18)14-10-7-12(8-11-14)6-9-13-4-2-3-5-15(13)19(20)21/h2-11H,1H3. The predicted octanol–water partition coefficient (Wildman–Crippen LogP) is 4.88. The van der Waals surface area contributed by atoms with Gasteiger partial charge in [0.25, 0.3) is 11.6 Å². The molecule has 2 rings (SSSR count). The smallest absolute Gasteiger partial charge is 0.258 e. The molecule has 2 aromatic rings. The van der Waals surface area contributed by atoms with E-state index in [0.717, 1.165) is 6.92 Å². The van der Waals surface area contributed by atoms with Gasteiger partial charge in [-0.2, -0.15) is 0 Å². The molecular formula is C16H13F2NO2. The van der Waals surface area contributed by atoms with Crippen molar-refractivity contribution in [1.82, 2.24) is 0 Å². The molecule has 0 saturated carbocycles. The van der Waals surface area contributed by atoms with Gasteiger partial charge in [0.05, 0.1) is 10.5 Å². The maximum absolute atomic E-state index is 13.1. The van der Waals surface area contributed by atoms with Crippen LogP contribution >= 0.6 is 0 Å². The van der Waals surface area contributed by atoms with E-state index < -0.39 is 10.8 Å². The summed E-state index contributed by atoms with van der Waals surface area (Å²) in [6.07, 6.45) is 3.25. The second-order valence-corrected chi connectivity index (χ2v) is 4.66. The van der Waals surface area contributed by atoms with Crippen molar-refractivity contribution in [1.29, 1.82) is 0 Å². The van der Waals surface area contributed by atoms with Crippen molar-refractivity contribution < 1.29 is 13.7 Å². The van der Waals surface area contributed by atoms with Crippen molar-refractivity contribution in [2.75, 3.05) is 0 Å². The zero-order chi connectivity index (χ0) is 15.5. The highest BCUT2D eigenvalue weighted by atomic mass is 19.3. The van der Waals surface area contributed by atoms with E-state index in [9.17, 15) is 18.9 Å². The predicted molar refractivity (Wildman–Crippen MR) is 78.0 cm³/mol. The summed E-state index contributed by atoms with van der Waals surface area (Å²) in [4.78, 5) is 10.4. The number of nitro groups is 1. The highest BCUT2D eigenvalue weighted by Crippen LogP contribution is 2.27. The molecule has 0 aliphatic rings. The third-order valence-electron chi connectivity index (χ3n) is 3.01. The fourth-order valence-electron chi connectivity index (χ4n) is 1.87. The van der Waals surface area contributed by atoms with E-state index in [-0.39, 0.29) is 11.3 Å². The first-order valence-electron chi connectivity index (χ1n) is 6.28. The van der Waals surface area contributed by atoms with Crippen LogP contribution in [0, 0.1) is 10.1 Å². The zero-order valence-corrected chi connectivity index (χ0v) is 11.3. The van der Waals surface area contributed by atoms with Gasteiger partial charge >= 0.3 is 0 Å². The first kappa shape index (κ1) is 14.8. The van der Waals surface area contributed by atoms with E-state index >= 15 is 0 Å². The molecule has 0 bridgehead atoms. The van der Waals surface area contributed by atoms with Crippen LogP contribution in [-0.4, -0.2) is 4.92 Å². The monoisotopic (exact) mass is 289 g/mol. The minimum atomic E-state index is -2.87. The van der Waals surface area contributed by atoms with E-state index in [1.165, 1.54) is 18.2 Å². The molecule has 21 heavy (non-hydrogen) atoms. The zero-order valence-electron chi connectivity index (χ0n) is 11.3. The van der Waals surface area contributed by atoms with Crippen LogP contribution in [0.15, 0.2) is 48.5 Å². The number of halogens is 2. The Morgan fingerprint density at radius 1 is 1.05 bits per heavy atom. The summed E-state index contributed by atoms with van der Waals surface area (Å²) in [6, 6.07) is 12.1. The Kier molecular flexibility index (Phi) is 4.12. The Bertz CT molecular complexity index is 673. The lowest BCUT2D eigenvalue weighted by atomic mass is 10.1. The Labute approximate surface area is 120 Å². The van der Waals surface area contributed by atoms with E-state index in [1.807, 2.05) is 0 Å². The summed E-state index contributed by atoms with van der Waals surface area (Å²) in [5, 5.41) is 10.9. The Morgan fingerprint density at radius 3 is 2.24 bits per heavy atom. The quantitative estimate of drug-likeness (QED) is 0.457. The molecular weight excluding hydrogens is 276 g/mol. The number of nitro benzene ring substituents is 1. The average molecular weight is 289 g/mol. The minimum Gasteiger partial charge on any atom is -0.258 e. The summed E-state index contributed by atoms with van der Waals surface area (Å²) in [6.45, 7) is 0.838. The second-order valence-electron chi connectivity index (χ2n) is 4.66. The molecule has 0 saturated heterocycles. The Balaban J connectivity index is 2.24. The van der Waals surface area contributed by atoms with Gasteiger partial charge in [0.1, 0.15) is 0 Å². The molecule has 0 spiro atoms.